The molecule has 0 saturated heterocycles. The van der Waals surface area contributed by atoms with Crippen molar-refractivity contribution in [2.45, 2.75) is 30.6 Å². The van der Waals surface area contributed by atoms with Gasteiger partial charge in [-0.05, 0) is 50.2 Å². The molecule has 0 radical (unpaired) electrons. The van der Waals surface area contributed by atoms with Gasteiger partial charge in [0.15, 0.2) is 0 Å². The minimum atomic E-state index is -0.606. The summed E-state index contributed by atoms with van der Waals surface area (Å²) in [5.74, 6) is -2.03. The fraction of sp³-hybridized carbons (Fsp3) is 0.208. The van der Waals surface area contributed by atoms with Crippen molar-refractivity contribution in [1.29, 1.82) is 0 Å². The second-order valence-corrected chi connectivity index (χ2v) is 7.94. The van der Waals surface area contributed by atoms with Crippen LogP contribution >= 0.6 is 11.8 Å². The highest BCUT2D eigenvalue weighted by Gasteiger charge is 2.13. The Morgan fingerprint density at radius 1 is 0.879 bits per heavy atom. The van der Waals surface area contributed by atoms with E-state index in [1.54, 1.807) is 42.5 Å². The maximum atomic E-state index is 12.4. The van der Waals surface area contributed by atoms with E-state index in [1.807, 2.05) is 6.07 Å². The van der Waals surface area contributed by atoms with Crippen molar-refractivity contribution in [3.63, 3.8) is 0 Å². The highest BCUT2D eigenvalue weighted by Crippen LogP contribution is 2.28. The Labute approximate surface area is 195 Å². The topological polar surface area (TPSA) is 108 Å². The highest BCUT2D eigenvalue weighted by atomic mass is 32.2. The van der Waals surface area contributed by atoms with E-state index in [1.165, 1.54) is 32.5 Å². The Hall–Kier alpha value is -3.72. The van der Waals surface area contributed by atoms with E-state index in [0.29, 0.717) is 11.1 Å². The van der Waals surface area contributed by atoms with E-state index in [2.05, 4.69) is 16.6 Å². The normalized spacial score (nSPS) is 10.8. The van der Waals surface area contributed by atoms with Crippen LogP contribution in [0.4, 0.5) is 0 Å². The van der Waals surface area contributed by atoms with E-state index in [9.17, 15) is 19.2 Å². The smallest absolute Gasteiger partial charge is 0.338 e. The summed E-state index contributed by atoms with van der Waals surface area (Å²) in [7, 11) is 0. The third kappa shape index (κ3) is 8.38. The molecule has 2 aromatic rings. The van der Waals surface area contributed by atoms with Crippen molar-refractivity contribution < 1.29 is 33.5 Å². The number of hydrogen-bond acceptors (Lipinski definition) is 9. The summed E-state index contributed by atoms with van der Waals surface area (Å²) in [5, 5.41) is 3.52. The molecule has 0 aliphatic carbocycles. The summed E-state index contributed by atoms with van der Waals surface area (Å²) in [5.41, 5.74) is 1.09. The van der Waals surface area contributed by atoms with E-state index < -0.39 is 17.9 Å². The Bertz CT molecular complexity index is 1090. The van der Waals surface area contributed by atoms with Gasteiger partial charge in [-0.3, -0.25) is 4.79 Å². The number of ketones is 1. The molecule has 9 heteroatoms. The standard InChI is InChI=1S/C24H23NO7S/c1-15(2)23(28)30-12-13-31-24(29)18-8-10-20(11-9-18)33-21-7-5-6-19(14-21)22(27)16(3)25-32-17(4)26/h5-11,14H,1,12-13H2,2-4H3/b25-16+. The molecule has 0 N–H and O–H groups in total. The minimum absolute atomic E-state index is 0.0501. The summed E-state index contributed by atoms with van der Waals surface area (Å²) >= 11 is 1.40. The molecule has 33 heavy (non-hydrogen) atoms. The highest BCUT2D eigenvalue weighted by molar-refractivity contribution is 7.99. The average molecular weight is 470 g/mol. The van der Waals surface area contributed by atoms with Gasteiger partial charge in [-0.1, -0.05) is 35.6 Å². The van der Waals surface area contributed by atoms with E-state index in [-0.39, 0.29) is 30.3 Å². The molecule has 0 spiro atoms. The molecule has 0 atom stereocenters. The predicted octanol–water partition coefficient (Wildman–Crippen LogP) is 4.24. The van der Waals surface area contributed by atoms with Crippen molar-refractivity contribution >= 4 is 41.2 Å². The summed E-state index contributed by atoms with van der Waals surface area (Å²) in [6.45, 7) is 7.55. The quantitative estimate of drug-likeness (QED) is 0.0967. The number of oxime groups is 1. The van der Waals surface area contributed by atoms with Crippen molar-refractivity contribution in [2.24, 2.45) is 5.16 Å². The van der Waals surface area contributed by atoms with Gasteiger partial charge in [0.05, 0.1) is 5.56 Å². The van der Waals surface area contributed by atoms with Gasteiger partial charge < -0.3 is 14.3 Å². The lowest BCUT2D eigenvalue weighted by molar-refractivity contribution is -0.141. The number of benzene rings is 2. The molecule has 0 fully saturated rings. The van der Waals surface area contributed by atoms with Gasteiger partial charge in [0, 0.05) is 27.9 Å². The van der Waals surface area contributed by atoms with Crippen LogP contribution in [0.5, 0.6) is 0 Å². The number of Topliss-reactive ketones (excluding diaryl/α,β-unsaturated/α-hetero) is 1. The molecule has 0 bridgehead atoms. The van der Waals surface area contributed by atoms with Gasteiger partial charge in [0.25, 0.3) is 0 Å². The maximum Gasteiger partial charge on any atom is 0.338 e. The summed E-state index contributed by atoms with van der Waals surface area (Å²) in [6.07, 6.45) is 0. The number of ether oxygens (including phenoxy) is 2. The van der Waals surface area contributed by atoms with E-state index >= 15 is 0 Å². The first-order valence-corrected chi connectivity index (χ1v) is 10.6. The van der Waals surface area contributed by atoms with Crippen LogP contribution in [0.2, 0.25) is 0 Å². The van der Waals surface area contributed by atoms with Crippen LogP contribution < -0.4 is 0 Å². The Balaban J connectivity index is 1.95. The van der Waals surface area contributed by atoms with Crippen molar-refractivity contribution in [1.82, 2.24) is 0 Å². The summed E-state index contributed by atoms with van der Waals surface area (Å²) in [4.78, 5) is 52.8. The largest absolute Gasteiger partial charge is 0.459 e. The second-order valence-electron chi connectivity index (χ2n) is 6.80. The number of rotatable bonds is 10. The monoisotopic (exact) mass is 469 g/mol. The Morgan fingerprint density at radius 2 is 1.55 bits per heavy atom. The molecule has 0 aliphatic heterocycles. The van der Waals surface area contributed by atoms with Crippen LogP contribution in [-0.4, -0.2) is 42.6 Å². The maximum absolute atomic E-state index is 12.4. The molecule has 0 aromatic heterocycles. The molecule has 2 rings (SSSR count). The lowest BCUT2D eigenvalue weighted by atomic mass is 10.1. The zero-order valence-electron chi connectivity index (χ0n) is 18.5. The lowest BCUT2D eigenvalue weighted by Gasteiger charge is -2.07. The predicted molar refractivity (Wildman–Crippen MR) is 122 cm³/mol. The molecule has 0 unspecified atom stereocenters. The molecule has 0 saturated carbocycles. The SMILES string of the molecule is C=C(C)C(=O)OCCOC(=O)c1ccc(Sc2cccc(C(=O)/C(C)=N/OC(C)=O)c2)cc1. The van der Waals surface area contributed by atoms with Gasteiger partial charge in [0.1, 0.15) is 18.9 Å². The number of carbonyl (C=O) groups is 4. The first-order chi connectivity index (χ1) is 15.7. The third-order valence-corrected chi connectivity index (χ3v) is 4.96. The first kappa shape index (κ1) is 25.5. The first-order valence-electron chi connectivity index (χ1n) is 9.82. The Morgan fingerprint density at radius 3 is 2.18 bits per heavy atom. The molecule has 172 valence electrons. The fourth-order valence-electron chi connectivity index (χ4n) is 2.35. The lowest BCUT2D eigenvalue weighted by Crippen LogP contribution is -2.14. The molecule has 0 amide bonds. The molecule has 0 heterocycles. The van der Waals surface area contributed by atoms with Gasteiger partial charge >= 0.3 is 17.9 Å². The Kier molecular flexibility index (Phi) is 9.56. The zero-order chi connectivity index (χ0) is 24.4. The molecular formula is C24H23NO7S. The number of nitrogens with zero attached hydrogens (tertiary/aromatic N) is 1. The molecular weight excluding hydrogens is 446 g/mol. The molecule has 2 aromatic carbocycles. The summed E-state index contributed by atoms with van der Waals surface area (Å²) < 4.78 is 9.95. The van der Waals surface area contributed by atoms with Gasteiger partial charge in [-0.15, -0.1) is 0 Å². The third-order valence-electron chi connectivity index (χ3n) is 3.96. The van der Waals surface area contributed by atoms with Crippen molar-refractivity contribution in [3.05, 3.63) is 71.8 Å². The number of esters is 2. The van der Waals surface area contributed by atoms with Crippen LogP contribution in [0.25, 0.3) is 0 Å². The second kappa shape index (κ2) is 12.4. The van der Waals surface area contributed by atoms with Crippen LogP contribution in [0, 0.1) is 0 Å². The van der Waals surface area contributed by atoms with Crippen LogP contribution in [0.1, 0.15) is 41.5 Å². The van der Waals surface area contributed by atoms with E-state index in [4.69, 9.17) is 9.47 Å². The van der Waals surface area contributed by atoms with E-state index in [0.717, 1.165) is 9.79 Å². The fourth-order valence-corrected chi connectivity index (χ4v) is 3.23. The van der Waals surface area contributed by atoms with Gasteiger partial charge in [-0.25, -0.2) is 14.4 Å². The zero-order valence-corrected chi connectivity index (χ0v) is 19.3. The van der Waals surface area contributed by atoms with Gasteiger partial charge in [-0.2, -0.15) is 0 Å². The van der Waals surface area contributed by atoms with Gasteiger partial charge in [0.2, 0.25) is 5.78 Å². The van der Waals surface area contributed by atoms with Crippen LogP contribution in [0.15, 0.2) is 75.6 Å². The minimum Gasteiger partial charge on any atom is -0.459 e. The number of hydrogen-bond donors (Lipinski definition) is 0. The summed E-state index contributed by atoms with van der Waals surface area (Å²) in [6, 6.07) is 13.7. The van der Waals surface area contributed by atoms with Crippen molar-refractivity contribution in [2.75, 3.05) is 13.2 Å². The number of carbonyl (C=O) groups excluding carboxylic acids is 4. The molecule has 0 aliphatic rings. The van der Waals surface area contributed by atoms with Crippen molar-refractivity contribution in [3.8, 4) is 0 Å². The molecule has 8 nitrogen and oxygen atoms in total. The van der Waals surface area contributed by atoms with Crippen LogP contribution in [0.3, 0.4) is 0 Å². The van der Waals surface area contributed by atoms with Crippen LogP contribution in [-0.2, 0) is 23.9 Å². The average Bonchev–Trinajstić information content (AvgIpc) is 2.80.